The van der Waals surface area contributed by atoms with E-state index in [-0.39, 0.29) is 7.33 Å². The van der Waals surface area contributed by atoms with E-state index in [0.29, 0.717) is 23.4 Å². The molecule has 1 saturated carbocycles. The number of nitrogens with zero attached hydrogens (tertiary/aromatic N) is 3. The molecular formula is C26H44N4O2. The molecule has 0 unspecified atom stereocenters. The first-order valence-electron chi connectivity index (χ1n) is 13.0. The van der Waals surface area contributed by atoms with Gasteiger partial charge in [0.15, 0.2) is 0 Å². The van der Waals surface area contributed by atoms with E-state index < -0.39 is 0 Å². The maximum Gasteiger partial charge on any atom is 0.253 e. The lowest BCUT2D eigenvalue weighted by molar-refractivity contribution is 0.0630. The molecular weight excluding hydrogens is 400 g/mol. The molecule has 0 aromatic carbocycles. The van der Waals surface area contributed by atoms with Crippen molar-refractivity contribution in [2.75, 3.05) is 50.8 Å². The van der Waals surface area contributed by atoms with E-state index in [1.165, 1.54) is 64.5 Å². The SMILES string of the molecule is CCOC[C@@H]1CCCN(CC[C@H]2CCCC[C@@H]2NC(=O)c2ccc(N3CCCC3)nc2)C1.[HH]. The molecule has 4 rings (SSSR count). The summed E-state index contributed by atoms with van der Waals surface area (Å²) in [6, 6.07) is 4.24. The molecule has 0 bridgehead atoms. The highest BCUT2D eigenvalue weighted by Crippen LogP contribution is 2.28. The highest BCUT2D eigenvalue weighted by Gasteiger charge is 2.28. The highest BCUT2D eigenvalue weighted by molar-refractivity contribution is 5.94. The minimum absolute atomic E-state index is 0. The normalized spacial score (nSPS) is 26.9. The van der Waals surface area contributed by atoms with Gasteiger partial charge in [0.2, 0.25) is 0 Å². The van der Waals surface area contributed by atoms with Gasteiger partial charge in [0, 0.05) is 39.9 Å². The number of likely N-dealkylation sites (tertiary alicyclic amines) is 1. The zero-order valence-corrected chi connectivity index (χ0v) is 19.9. The molecule has 1 aromatic rings. The molecule has 2 aliphatic heterocycles. The van der Waals surface area contributed by atoms with Crippen LogP contribution in [-0.2, 0) is 4.74 Å². The largest absolute Gasteiger partial charge is 0.381 e. The summed E-state index contributed by atoms with van der Waals surface area (Å²) < 4.78 is 5.67. The molecule has 3 fully saturated rings. The van der Waals surface area contributed by atoms with Crippen LogP contribution in [0.2, 0.25) is 0 Å². The summed E-state index contributed by atoms with van der Waals surface area (Å²) in [5.41, 5.74) is 0.687. The van der Waals surface area contributed by atoms with Crippen molar-refractivity contribution in [1.29, 1.82) is 0 Å². The first-order chi connectivity index (χ1) is 15.7. The van der Waals surface area contributed by atoms with Crippen molar-refractivity contribution < 1.29 is 11.0 Å². The Morgan fingerprint density at radius 2 is 1.97 bits per heavy atom. The van der Waals surface area contributed by atoms with Crippen LogP contribution in [0.15, 0.2) is 18.3 Å². The van der Waals surface area contributed by atoms with E-state index in [0.717, 1.165) is 45.1 Å². The minimum atomic E-state index is 0. The van der Waals surface area contributed by atoms with Crippen LogP contribution in [-0.4, -0.2) is 67.8 Å². The van der Waals surface area contributed by atoms with Gasteiger partial charge in [-0.3, -0.25) is 4.79 Å². The summed E-state index contributed by atoms with van der Waals surface area (Å²) in [4.78, 5) is 22.4. The lowest BCUT2D eigenvalue weighted by Crippen LogP contribution is -2.44. The quantitative estimate of drug-likeness (QED) is 0.613. The number of rotatable bonds is 9. The van der Waals surface area contributed by atoms with Crippen molar-refractivity contribution >= 4 is 11.7 Å². The molecule has 1 aromatic heterocycles. The predicted molar refractivity (Wildman–Crippen MR) is 131 cm³/mol. The van der Waals surface area contributed by atoms with Gasteiger partial charge >= 0.3 is 0 Å². The van der Waals surface area contributed by atoms with Crippen LogP contribution in [0.5, 0.6) is 0 Å². The van der Waals surface area contributed by atoms with Gasteiger partial charge in [-0.1, -0.05) is 12.8 Å². The number of hydrogen-bond donors (Lipinski definition) is 1. The Balaban J connectivity index is 0.00000306. The van der Waals surface area contributed by atoms with Crippen molar-refractivity contribution in [3.8, 4) is 0 Å². The van der Waals surface area contributed by atoms with E-state index in [1.807, 2.05) is 12.1 Å². The van der Waals surface area contributed by atoms with Crippen LogP contribution in [0.25, 0.3) is 0 Å². The smallest absolute Gasteiger partial charge is 0.253 e. The first-order valence-corrected chi connectivity index (χ1v) is 13.0. The van der Waals surface area contributed by atoms with Gasteiger partial charge in [-0.15, -0.1) is 0 Å². The molecule has 3 heterocycles. The van der Waals surface area contributed by atoms with Gasteiger partial charge in [0.25, 0.3) is 5.91 Å². The third-order valence-electron chi connectivity index (χ3n) is 7.64. The van der Waals surface area contributed by atoms with Gasteiger partial charge in [-0.25, -0.2) is 4.98 Å². The molecule has 6 nitrogen and oxygen atoms in total. The number of carbonyl (C=O) groups excluding carboxylic acids is 1. The summed E-state index contributed by atoms with van der Waals surface area (Å²) in [6.07, 6.45) is 12.8. The Kier molecular flexibility index (Phi) is 8.80. The van der Waals surface area contributed by atoms with Crippen molar-refractivity contribution in [1.82, 2.24) is 15.2 Å². The number of piperidine rings is 1. The fourth-order valence-corrected chi connectivity index (χ4v) is 5.77. The fourth-order valence-electron chi connectivity index (χ4n) is 5.77. The zero-order chi connectivity index (χ0) is 22.2. The number of aromatic nitrogens is 1. The highest BCUT2D eigenvalue weighted by atomic mass is 16.5. The number of anilines is 1. The molecule has 180 valence electrons. The lowest BCUT2D eigenvalue weighted by Gasteiger charge is -2.36. The van der Waals surface area contributed by atoms with E-state index >= 15 is 0 Å². The molecule has 32 heavy (non-hydrogen) atoms. The minimum Gasteiger partial charge on any atom is -0.381 e. The van der Waals surface area contributed by atoms with Gasteiger partial charge in [-0.2, -0.15) is 0 Å². The van der Waals surface area contributed by atoms with Crippen molar-refractivity contribution in [2.45, 2.75) is 70.8 Å². The summed E-state index contributed by atoms with van der Waals surface area (Å²) in [5, 5.41) is 3.37. The Labute approximate surface area is 195 Å². The standard InChI is InChI=1S/C26H42N4O2.H2/c1-2-32-20-21-8-7-14-29(19-21)17-13-22-9-3-4-10-24(22)28-26(31)23-11-12-25(27-18-23)30-15-5-6-16-30;/h11-12,18,21-22,24H,2-10,13-17,19-20H2,1H3,(H,28,31);1H/t21-,22-,24+;/m1./s1. The second-order valence-corrected chi connectivity index (χ2v) is 9.98. The van der Waals surface area contributed by atoms with E-state index in [9.17, 15) is 4.79 Å². The van der Waals surface area contributed by atoms with E-state index in [1.54, 1.807) is 6.20 Å². The molecule has 1 aliphatic carbocycles. The predicted octanol–water partition coefficient (Wildman–Crippen LogP) is 4.36. The average Bonchev–Trinajstić information content (AvgIpc) is 3.38. The molecule has 3 aliphatic rings. The maximum atomic E-state index is 13.0. The molecule has 3 atom stereocenters. The second kappa shape index (κ2) is 12.0. The van der Waals surface area contributed by atoms with Crippen molar-refractivity contribution in [2.24, 2.45) is 11.8 Å². The number of hydrogen-bond acceptors (Lipinski definition) is 5. The van der Waals surface area contributed by atoms with Crippen LogP contribution >= 0.6 is 0 Å². The third kappa shape index (κ3) is 6.44. The summed E-state index contributed by atoms with van der Waals surface area (Å²) in [7, 11) is 0. The molecule has 0 spiro atoms. The van der Waals surface area contributed by atoms with Gasteiger partial charge < -0.3 is 19.9 Å². The number of carbonyl (C=O) groups is 1. The Hall–Kier alpha value is -1.66. The Morgan fingerprint density at radius 1 is 1.12 bits per heavy atom. The lowest BCUT2D eigenvalue weighted by atomic mass is 9.82. The van der Waals surface area contributed by atoms with Gasteiger partial charge in [0.1, 0.15) is 5.82 Å². The molecule has 6 heteroatoms. The molecule has 1 amide bonds. The van der Waals surface area contributed by atoms with Crippen LogP contribution in [0.3, 0.4) is 0 Å². The van der Waals surface area contributed by atoms with E-state index in [4.69, 9.17) is 4.74 Å². The average molecular weight is 445 g/mol. The number of amides is 1. The van der Waals surface area contributed by atoms with Crippen molar-refractivity contribution in [3.05, 3.63) is 23.9 Å². The van der Waals surface area contributed by atoms with Crippen LogP contribution in [0.4, 0.5) is 5.82 Å². The van der Waals surface area contributed by atoms with Gasteiger partial charge in [0.05, 0.1) is 12.2 Å². The summed E-state index contributed by atoms with van der Waals surface area (Å²) in [5.74, 6) is 2.30. The molecule has 0 radical (unpaired) electrons. The molecule has 1 N–H and O–H groups in total. The topological polar surface area (TPSA) is 57.7 Å². The fraction of sp³-hybridized carbons (Fsp3) is 0.769. The first kappa shape index (κ1) is 23.5. The number of pyridine rings is 1. The monoisotopic (exact) mass is 444 g/mol. The number of nitrogens with one attached hydrogen (secondary N) is 1. The second-order valence-electron chi connectivity index (χ2n) is 9.98. The third-order valence-corrected chi connectivity index (χ3v) is 7.64. The van der Waals surface area contributed by atoms with Crippen LogP contribution in [0.1, 0.15) is 76.5 Å². The summed E-state index contributed by atoms with van der Waals surface area (Å²) >= 11 is 0. The van der Waals surface area contributed by atoms with Crippen LogP contribution < -0.4 is 10.2 Å². The Bertz CT molecular complexity index is 711. The van der Waals surface area contributed by atoms with Crippen LogP contribution in [0, 0.1) is 11.8 Å². The number of ether oxygens (including phenoxy) is 1. The molecule has 2 saturated heterocycles. The van der Waals surface area contributed by atoms with E-state index in [2.05, 4.69) is 27.0 Å². The maximum absolute atomic E-state index is 13.0. The van der Waals surface area contributed by atoms with Gasteiger partial charge in [-0.05, 0) is 88.9 Å². The zero-order valence-electron chi connectivity index (χ0n) is 19.9. The summed E-state index contributed by atoms with van der Waals surface area (Å²) in [6.45, 7) is 9.47. The van der Waals surface area contributed by atoms with Crippen molar-refractivity contribution in [3.63, 3.8) is 0 Å². The Morgan fingerprint density at radius 3 is 2.75 bits per heavy atom.